The largest absolute Gasteiger partial charge is 0.381 e. The van der Waals surface area contributed by atoms with Gasteiger partial charge in [0.25, 0.3) is 5.69 Å². The van der Waals surface area contributed by atoms with Crippen LogP contribution in [0.4, 0.5) is 5.69 Å². The van der Waals surface area contributed by atoms with Gasteiger partial charge in [-0.2, -0.15) is 0 Å². The molecule has 0 spiro atoms. The van der Waals surface area contributed by atoms with E-state index >= 15 is 0 Å². The number of hydrogen-bond donors (Lipinski definition) is 2. The van der Waals surface area contributed by atoms with Crippen molar-refractivity contribution in [2.24, 2.45) is 5.73 Å². The molecule has 1 fully saturated rings. The number of carbonyl (C=O) groups is 1. The Bertz CT molecular complexity index is 495. The number of nitrogens with zero attached hydrogens (tertiary/aromatic N) is 1. The Morgan fingerprint density at radius 1 is 1.35 bits per heavy atom. The van der Waals surface area contributed by atoms with Crippen LogP contribution in [-0.2, 0) is 16.1 Å². The third-order valence-electron chi connectivity index (χ3n) is 3.44. The minimum absolute atomic E-state index is 0.0276. The molecular formula is C13H17N3O4. The fourth-order valence-electron chi connectivity index (χ4n) is 2.06. The average molecular weight is 279 g/mol. The summed E-state index contributed by atoms with van der Waals surface area (Å²) in [6, 6.07) is 6.06. The summed E-state index contributed by atoms with van der Waals surface area (Å²) in [4.78, 5) is 22.1. The van der Waals surface area contributed by atoms with Crippen LogP contribution in [0.2, 0.25) is 0 Å². The van der Waals surface area contributed by atoms with Gasteiger partial charge in [-0.3, -0.25) is 14.9 Å². The van der Waals surface area contributed by atoms with Crippen molar-refractivity contribution >= 4 is 11.6 Å². The molecule has 20 heavy (non-hydrogen) atoms. The fraction of sp³-hybridized carbons (Fsp3) is 0.462. The number of nitro groups is 1. The third kappa shape index (κ3) is 3.31. The topological polar surface area (TPSA) is 107 Å². The Kier molecular flexibility index (Phi) is 4.31. The van der Waals surface area contributed by atoms with Gasteiger partial charge in [-0.05, 0) is 18.4 Å². The number of nitrogens with two attached hydrogens (primary N) is 1. The predicted octanol–water partition coefficient (Wildman–Crippen LogP) is 0.719. The molecule has 0 aliphatic carbocycles. The van der Waals surface area contributed by atoms with Gasteiger partial charge in [0.15, 0.2) is 0 Å². The van der Waals surface area contributed by atoms with E-state index in [-0.39, 0.29) is 11.6 Å². The minimum atomic E-state index is -0.876. The number of non-ortho nitro benzene ring substituents is 1. The smallest absolute Gasteiger partial charge is 0.269 e. The van der Waals surface area contributed by atoms with Gasteiger partial charge in [0.2, 0.25) is 5.91 Å². The molecule has 0 saturated carbocycles. The van der Waals surface area contributed by atoms with Gasteiger partial charge in [-0.1, -0.05) is 12.1 Å². The maximum Gasteiger partial charge on any atom is 0.269 e. The lowest BCUT2D eigenvalue weighted by atomic mass is 9.90. The molecule has 7 nitrogen and oxygen atoms in total. The van der Waals surface area contributed by atoms with Crippen LogP contribution in [0.1, 0.15) is 18.4 Å². The highest BCUT2D eigenvalue weighted by atomic mass is 16.6. The van der Waals surface area contributed by atoms with Crippen LogP contribution >= 0.6 is 0 Å². The quantitative estimate of drug-likeness (QED) is 0.623. The van der Waals surface area contributed by atoms with Crippen molar-refractivity contribution < 1.29 is 14.5 Å². The first-order valence-electron chi connectivity index (χ1n) is 6.39. The van der Waals surface area contributed by atoms with Crippen molar-refractivity contribution in [3.8, 4) is 0 Å². The number of rotatable bonds is 4. The highest BCUT2D eigenvalue weighted by molar-refractivity contribution is 5.86. The van der Waals surface area contributed by atoms with Crippen molar-refractivity contribution in [3.63, 3.8) is 0 Å². The predicted molar refractivity (Wildman–Crippen MR) is 71.9 cm³/mol. The number of benzene rings is 1. The minimum Gasteiger partial charge on any atom is -0.381 e. The molecular weight excluding hydrogens is 262 g/mol. The molecule has 0 atom stereocenters. The van der Waals surface area contributed by atoms with E-state index in [1.807, 2.05) is 0 Å². The molecule has 2 rings (SSSR count). The number of carbonyl (C=O) groups excluding carboxylic acids is 1. The molecule has 7 heteroatoms. The van der Waals surface area contributed by atoms with Crippen LogP contribution in [0.15, 0.2) is 24.3 Å². The first-order valence-corrected chi connectivity index (χ1v) is 6.39. The van der Waals surface area contributed by atoms with Crippen LogP contribution in [-0.4, -0.2) is 29.6 Å². The van der Waals surface area contributed by atoms with E-state index in [4.69, 9.17) is 10.5 Å². The van der Waals surface area contributed by atoms with Crippen molar-refractivity contribution in [1.29, 1.82) is 0 Å². The van der Waals surface area contributed by atoms with E-state index in [1.54, 1.807) is 12.1 Å². The van der Waals surface area contributed by atoms with E-state index in [2.05, 4.69) is 5.32 Å². The Labute approximate surface area is 116 Å². The van der Waals surface area contributed by atoms with Crippen molar-refractivity contribution in [3.05, 3.63) is 39.9 Å². The summed E-state index contributed by atoms with van der Waals surface area (Å²) in [7, 11) is 0. The summed E-state index contributed by atoms with van der Waals surface area (Å²) >= 11 is 0. The Hall–Kier alpha value is -1.99. The Balaban J connectivity index is 1.91. The monoisotopic (exact) mass is 279 g/mol. The molecule has 1 aliphatic rings. The zero-order valence-electron chi connectivity index (χ0n) is 11.0. The number of ether oxygens (including phenoxy) is 1. The van der Waals surface area contributed by atoms with Gasteiger partial charge in [0, 0.05) is 31.9 Å². The highest BCUT2D eigenvalue weighted by Crippen LogP contribution is 2.18. The van der Waals surface area contributed by atoms with E-state index in [9.17, 15) is 14.9 Å². The second-order valence-corrected chi connectivity index (χ2v) is 4.87. The molecule has 1 saturated heterocycles. The van der Waals surface area contributed by atoms with Gasteiger partial charge in [0.05, 0.1) is 10.5 Å². The summed E-state index contributed by atoms with van der Waals surface area (Å²) in [5, 5.41) is 13.3. The summed E-state index contributed by atoms with van der Waals surface area (Å²) in [5.41, 5.74) is 5.99. The fourth-order valence-corrected chi connectivity index (χ4v) is 2.06. The molecule has 0 aromatic heterocycles. The molecule has 1 aromatic carbocycles. The second kappa shape index (κ2) is 5.98. The Morgan fingerprint density at radius 3 is 2.50 bits per heavy atom. The summed E-state index contributed by atoms with van der Waals surface area (Å²) in [6.07, 6.45) is 0.998. The maximum atomic E-state index is 12.1. The first kappa shape index (κ1) is 14.4. The lowest BCUT2D eigenvalue weighted by Gasteiger charge is -2.31. The molecule has 1 amide bonds. The van der Waals surface area contributed by atoms with Crippen LogP contribution in [0.25, 0.3) is 0 Å². The van der Waals surface area contributed by atoms with E-state index in [1.165, 1.54) is 12.1 Å². The van der Waals surface area contributed by atoms with E-state index in [0.29, 0.717) is 32.6 Å². The molecule has 1 aromatic rings. The van der Waals surface area contributed by atoms with Gasteiger partial charge in [-0.25, -0.2) is 0 Å². The molecule has 108 valence electrons. The zero-order valence-corrected chi connectivity index (χ0v) is 11.0. The van der Waals surface area contributed by atoms with Crippen LogP contribution < -0.4 is 11.1 Å². The maximum absolute atomic E-state index is 12.1. The second-order valence-electron chi connectivity index (χ2n) is 4.87. The molecule has 3 N–H and O–H groups in total. The average Bonchev–Trinajstić information content (AvgIpc) is 2.46. The summed E-state index contributed by atoms with van der Waals surface area (Å²) in [5.74, 6) is -0.209. The number of amides is 1. The van der Waals surface area contributed by atoms with E-state index < -0.39 is 10.5 Å². The van der Waals surface area contributed by atoms with Crippen LogP contribution in [0.5, 0.6) is 0 Å². The van der Waals surface area contributed by atoms with Gasteiger partial charge in [-0.15, -0.1) is 0 Å². The number of nitro benzene ring substituents is 1. The van der Waals surface area contributed by atoms with Crippen LogP contribution in [0.3, 0.4) is 0 Å². The summed E-state index contributed by atoms with van der Waals surface area (Å²) in [6.45, 7) is 1.28. The normalized spacial score (nSPS) is 17.4. The summed E-state index contributed by atoms with van der Waals surface area (Å²) < 4.78 is 5.19. The van der Waals surface area contributed by atoms with Crippen molar-refractivity contribution in [2.75, 3.05) is 13.2 Å². The SMILES string of the molecule is NC1(C(=O)NCc2ccc([N+](=O)[O-])cc2)CCOCC1. The lowest BCUT2D eigenvalue weighted by molar-refractivity contribution is -0.384. The van der Waals surface area contributed by atoms with Gasteiger partial charge < -0.3 is 15.8 Å². The van der Waals surface area contributed by atoms with Crippen molar-refractivity contribution in [1.82, 2.24) is 5.32 Å². The van der Waals surface area contributed by atoms with Gasteiger partial charge in [0.1, 0.15) is 0 Å². The third-order valence-corrected chi connectivity index (χ3v) is 3.44. The number of hydrogen-bond acceptors (Lipinski definition) is 5. The molecule has 0 bridgehead atoms. The van der Waals surface area contributed by atoms with E-state index in [0.717, 1.165) is 5.56 Å². The molecule has 1 aliphatic heterocycles. The number of nitrogens with one attached hydrogen (secondary N) is 1. The highest BCUT2D eigenvalue weighted by Gasteiger charge is 2.35. The standard InChI is InChI=1S/C13H17N3O4/c14-13(5-7-20-8-6-13)12(17)15-9-10-1-3-11(4-2-10)16(18)19/h1-4H,5-9,14H2,(H,15,17). The van der Waals surface area contributed by atoms with Gasteiger partial charge >= 0.3 is 0 Å². The van der Waals surface area contributed by atoms with Crippen molar-refractivity contribution in [2.45, 2.75) is 24.9 Å². The molecule has 0 radical (unpaired) electrons. The zero-order chi connectivity index (χ0) is 14.6. The van der Waals surface area contributed by atoms with Crippen LogP contribution in [0, 0.1) is 10.1 Å². The first-order chi connectivity index (χ1) is 9.51. The molecule has 1 heterocycles. The lowest BCUT2D eigenvalue weighted by Crippen LogP contribution is -2.56. The molecule has 0 unspecified atom stereocenters. The Morgan fingerprint density at radius 2 is 1.95 bits per heavy atom.